The van der Waals surface area contributed by atoms with Crippen molar-refractivity contribution < 1.29 is 4.74 Å². The monoisotopic (exact) mass is 495 g/mol. The van der Waals surface area contributed by atoms with E-state index in [-0.39, 0.29) is 12.1 Å². The molecule has 0 fully saturated rings. The smallest absolute Gasteiger partial charge is 0.229 e. The molecule has 0 N–H and O–H groups in total. The van der Waals surface area contributed by atoms with Crippen molar-refractivity contribution in [2.75, 3.05) is 11.9 Å². The quantitative estimate of drug-likeness (QED) is 0.367. The van der Waals surface area contributed by atoms with Crippen LogP contribution in [0.1, 0.15) is 34.4 Å². The van der Waals surface area contributed by atoms with Crippen LogP contribution in [0.5, 0.6) is 5.75 Å². The van der Waals surface area contributed by atoms with E-state index in [1.54, 1.807) is 6.33 Å². The molecule has 6 rings (SSSR count). The Hall–Kier alpha value is -3.89. The summed E-state index contributed by atoms with van der Waals surface area (Å²) in [5.41, 5.74) is 5.87. The summed E-state index contributed by atoms with van der Waals surface area (Å²) in [6, 6.07) is 26.0. The van der Waals surface area contributed by atoms with E-state index >= 15 is 0 Å². The van der Waals surface area contributed by atoms with E-state index < -0.39 is 0 Å². The molecule has 3 heterocycles. The fraction of sp³-hybridized carbons (Fsp3) is 0.115. The number of fused-ring (bicyclic) bond motifs is 3. The Morgan fingerprint density at radius 3 is 2.45 bits per heavy atom. The van der Waals surface area contributed by atoms with Gasteiger partial charge in [-0.1, -0.05) is 52.3 Å². The predicted octanol–water partition coefficient (Wildman–Crippen LogP) is 5.50. The van der Waals surface area contributed by atoms with Crippen LogP contribution in [0.15, 0.2) is 89.2 Å². The van der Waals surface area contributed by atoms with Gasteiger partial charge in [0.2, 0.25) is 5.95 Å². The summed E-state index contributed by atoms with van der Waals surface area (Å²) in [6.07, 6.45) is 1.27. The molecular weight excluding hydrogens is 478 g/mol. The molecule has 0 amide bonds. The van der Waals surface area contributed by atoms with Crippen LogP contribution in [0.2, 0.25) is 0 Å². The van der Waals surface area contributed by atoms with Crippen LogP contribution in [0.25, 0.3) is 5.70 Å². The van der Waals surface area contributed by atoms with E-state index in [0.717, 1.165) is 44.1 Å². The second-order valence-corrected chi connectivity index (χ2v) is 8.97. The van der Waals surface area contributed by atoms with Gasteiger partial charge in [-0.25, -0.2) is 4.68 Å². The maximum atomic E-state index is 9.29. The summed E-state index contributed by atoms with van der Waals surface area (Å²) in [7, 11) is 2.02. The summed E-state index contributed by atoms with van der Waals surface area (Å²) >= 11 is 3.54. The number of anilines is 1. The molecule has 7 heteroatoms. The largest absolute Gasteiger partial charge is 0.480 e. The van der Waals surface area contributed by atoms with Gasteiger partial charge in [0.25, 0.3) is 0 Å². The zero-order valence-corrected chi connectivity index (χ0v) is 19.3. The highest BCUT2D eigenvalue weighted by molar-refractivity contribution is 9.10. The van der Waals surface area contributed by atoms with Crippen LogP contribution in [0.4, 0.5) is 5.95 Å². The standard InChI is InChI=1S/C26H18BrN5O/c1-31-24-20-4-2-3-5-21(20)33-25(18-10-12-19(27)13-11-18)22(24)23(32-26(31)29-15-30-32)17-8-6-16(14-28)7-9-17/h2-13,15,23,25H,1H3/t23-,25+/m0/s1. The highest BCUT2D eigenvalue weighted by atomic mass is 79.9. The fourth-order valence-electron chi connectivity index (χ4n) is 4.73. The summed E-state index contributed by atoms with van der Waals surface area (Å²) in [6.45, 7) is 0. The second-order valence-electron chi connectivity index (χ2n) is 8.05. The Kier molecular flexibility index (Phi) is 4.56. The van der Waals surface area contributed by atoms with Crippen molar-refractivity contribution in [1.82, 2.24) is 14.8 Å². The van der Waals surface area contributed by atoms with Crippen molar-refractivity contribution >= 4 is 27.6 Å². The van der Waals surface area contributed by atoms with Crippen molar-refractivity contribution in [1.29, 1.82) is 5.26 Å². The lowest BCUT2D eigenvalue weighted by molar-refractivity contribution is 0.222. The molecule has 0 spiro atoms. The fourth-order valence-corrected chi connectivity index (χ4v) is 4.99. The Morgan fingerprint density at radius 1 is 0.970 bits per heavy atom. The van der Waals surface area contributed by atoms with E-state index in [0.29, 0.717) is 5.56 Å². The van der Waals surface area contributed by atoms with Crippen molar-refractivity contribution in [3.8, 4) is 11.8 Å². The molecule has 2 atom stereocenters. The van der Waals surface area contributed by atoms with Crippen LogP contribution in [0, 0.1) is 11.3 Å². The van der Waals surface area contributed by atoms with E-state index in [9.17, 15) is 5.26 Å². The normalized spacial score (nSPS) is 18.6. The number of hydrogen-bond acceptors (Lipinski definition) is 5. The van der Waals surface area contributed by atoms with Crippen molar-refractivity contribution in [3.63, 3.8) is 0 Å². The molecule has 0 saturated carbocycles. The average Bonchev–Trinajstić information content (AvgIpc) is 3.34. The lowest BCUT2D eigenvalue weighted by Gasteiger charge is -2.42. The molecule has 2 aliphatic rings. The van der Waals surface area contributed by atoms with Crippen molar-refractivity contribution in [2.45, 2.75) is 12.1 Å². The van der Waals surface area contributed by atoms with Gasteiger partial charge in [0.05, 0.1) is 17.3 Å². The zero-order chi connectivity index (χ0) is 22.5. The number of ether oxygens (including phenoxy) is 1. The third kappa shape index (κ3) is 3.06. The van der Waals surface area contributed by atoms with E-state index in [1.165, 1.54) is 0 Å². The Morgan fingerprint density at radius 2 is 1.70 bits per heavy atom. The highest BCUT2D eigenvalue weighted by Crippen LogP contribution is 2.52. The van der Waals surface area contributed by atoms with Crippen LogP contribution in [-0.2, 0) is 0 Å². The molecule has 4 aromatic rings. The Labute approximate surface area is 199 Å². The molecular formula is C26H18BrN5O. The molecule has 160 valence electrons. The van der Waals surface area contributed by atoms with Gasteiger partial charge in [-0.3, -0.25) is 0 Å². The predicted molar refractivity (Wildman–Crippen MR) is 129 cm³/mol. The highest BCUT2D eigenvalue weighted by Gasteiger charge is 2.42. The molecule has 3 aromatic carbocycles. The third-order valence-electron chi connectivity index (χ3n) is 6.20. The minimum Gasteiger partial charge on any atom is -0.480 e. The van der Waals surface area contributed by atoms with E-state index in [4.69, 9.17) is 4.74 Å². The molecule has 0 aliphatic carbocycles. The topological polar surface area (TPSA) is 67.0 Å². The van der Waals surface area contributed by atoms with Gasteiger partial charge in [0.1, 0.15) is 24.2 Å². The summed E-state index contributed by atoms with van der Waals surface area (Å²) < 4.78 is 9.60. The number of nitriles is 1. The van der Waals surface area contributed by atoms with Gasteiger partial charge in [-0.2, -0.15) is 15.3 Å². The molecule has 0 saturated heterocycles. The number of nitrogens with zero attached hydrogens (tertiary/aromatic N) is 5. The van der Waals surface area contributed by atoms with Crippen molar-refractivity contribution in [2.24, 2.45) is 0 Å². The van der Waals surface area contributed by atoms with Crippen LogP contribution < -0.4 is 9.64 Å². The lowest BCUT2D eigenvalue weighted by Crippen LogP contribution is -2.37. The molecule has 1 aromatic heterocycles. The summed E-state index contributed by atoms with van der Waals surface area (Å²) in [4.78, 5) is 6.66. The first-order chi connectivity index (χ1) is 16.2. The van der Waals surface area contributed by atoms with Crippen LogP contribution in [-0.4, -0.2) is 21.8 Å². The van der Waals surface area contributed by atoms with Crippen molar-refractivity contribution in [3.05, 3.63) is 111 Å². The molecule has 33 heavy (non-hydrogen) atoms. The van der Waals surface area contributed by atoms with Gasteiger partial charge in [0.15, 0.2) is 0 Å². The molecule has 0 unspecified atom stereocenters. The molecule has 2 aliphatic heterocycles. The van der Waals surface area contributed by atoms with Gasteiger partial charge >= 0.3 is 0 Å². The van der Waals surface area contributed by atoms with Gasteiger partial charge in [-0.05, 0) is 47.5 Å². The number of hydrogen-bond donors (Lipinski definition) is 0. The number of aromatic nitrogens is 3. The zero-order valence-electron chi connectivity index (χ0n) is 17.7. The molecule has 0 radical (unpaired) electrons. The minimum absolute atomic E-state index is 0.233. The second kappa shape index (κ2) is 7.61. The number of benzene rings is 3. The van der Waals surface area contributed by atoms with Gasteiger partial charge in [-0.15, -0.1) is 0 Å². The van der Waals surface area contributed by atoms with E-state index in [2.05, 4.69) is 55.2 Å². The minimum atomic E-state index is -0.316. The van der Waals surface area contributed by atoms with Crippen LogP contribution >= 0.6 is 15.9 Å². The van der Waals surface area contributed by atoms with Crippen LogP contribution in [0.3, 0.4) is 0 Å². The summed E-state index contributed by atoms with van der Waals surface area (Å²) in [5.74, 6) is 1.59. The number of para-hydroxylation sites is 1. The number of rotatable bonds is 2. The lowest BCUT2D eigenvalue weighted by atomic mass is 9.84. The maximum absolute atomic E-state index is 9.29. The Bertz CT molecular complexity index is 1430. The maximum Gasteiger partial charge on any atom is 0.229 e. The Balaban J connectivity index is 1.64. The molecule has 6 nitrogen and oxygen atoms in total. The first-order valence-corrected chi connectivity index (χ1v) is 11.3. The number of halogens is 1. The summed E-state index contributed by atoms with van der Waals surface area (Å²) in [5, 5.41) is 13.9. The average molecular weight is 496 g/mol. The third-order valence-corrected chi connectivity index (χ3v) is 6.73. The molecule has 0 bridgehead atoms. The SMILES string of the molecule is CN1C2=C([C@H](c3ccc(C#N)cc3)n3ncnc31)[C@@H](c1ccc(Br)cc1)Oc1ccccc12. The van der Waals surface area contributed by atoms with E-state index in [1.807, 2.05) is 66.3 Å². The van der Waals surface area contributed by atoms with Gasteiger partial charge < -0.3 is 9.64 Å². The first-order valence-electron chi connectivity index (χ1n) is 10.5. The first kappa shape index (κ1) is 19.8. The van der Waals surface area contributed by atoms with Gasteiger partial charge in [0, 0.05) is 22.7 Å².